The second-order valence-electron chi connectivity index (χ2n) is 5.79. The van der Waals surface area contributed by atoms with E-state index >= 15 is 0 Å². The van der Waals surface area contributed by atoms with Gasteiger partial charge in [0.2, 0.25) is 6.29 Å². The number of ether oxygens (including phenoxy) is 5. The Morgan fingerprint density at radius 2 is 1.79 bits per heavy atom. The van der Waals surface area contributed by atoms with Gasteiger partial charge in [0.25, 0.3) is 0 Å². The van der Waals surface area contributed by atoms with Gasteiger partial charge in [-0.25, -0.2) is 0 Å². The van der Waals surface area contributed by atoms with Crippen molar-refractivity contribution in [3.8, 4) is 0 Å². The van der Waals surface area contributed by atoms with Gasteiger partial charge in [-0.05, 0) is 5.56 Å². The predicted molar refractivity (Wildman–Crippen MR) is 80.7 cm³/mol. The van der Waals surface area contributed by atoms with Crippen LogP contribution in [0.2, 0.25) is 0 Å². The second-order valence-corrected chi connectivity index (χ2v) is 5.79. The highest BCUT2D eigenvalue weighted by Crippen LogP contribution is 2.35. The maximum Gasteiger partial charge on any atom is 0.305 e. The van der Waals surface area contributed by atoms with E-state index in [9.17, 15) is 9.59 Å². The Labute approximate surface area is 139 Å². The zero-order valence-corrected chi connectivity index (χ0v) is 13.5. The Bertz CT molecular complexity index is 588. The molecular weight excluding hydrogens is 316 g/mol. The van der Waals surface area contributed by atoms with Crippen LogP contribution in [-0.2, 0) is 39.9 Å². The van der Waals surface area contributed by atoms with Crippen molar-refractivity contribution >= 4 is 11.9 Å². The normalized spacial score (nSPS) is 31.5. The molecule has 0 saturated carbocycles. The van der Waals surface area contributed by atoms with Gasteiger partial charge in [-0.2, -0.15) is 0 Å². The van der Waals surface area contributed by atoms with Crippen LogP contribution >= 0.6 is 0 Å². The van der Waals surface area contributed by atoms with E-state index in [4.69, 9.17) is 23.7 Å². The molecule has 2 aliphatic rings. The number of hydrogen-bond acceptors (Lipinski definition) is 7. The first kappa shape index (κ1) is 16.9. The monoisotopic (exact) mass is 336 g/mol. The summed E-state index contributed by atoms with van der Waals surface area (Å²) in [5.41, 5.74) is 1.03. The number of carbonyl (C=O) groups is 2. The molecule has 7 heteroatoms. The van der Waals surface area contributed by atoms with Crippen molar-refractivity contribution in [1.29, 1.82) is 0 Å². The Balaban J connectivity index is 1.64. The van der Waals surface area contributed by atoms with Crippen LogP contribution in [0.1, 0.15) is 19.4 Å². The van der Waals surface area contributed by atoms with E-state index in [-0.39, 0.29) is 6.10 Å². The molecule has 2 saturated heterocycles. The average molecular weight is 336 g/mol. The van der Waals surface area contributed by atoms with Crippen LogP contribution in [0.5, 0.6) is 0 Å². The fraction of sp³-hybridized carbons (Fsp3) is 0.529. The van der Waals surface area contributed by atoms with Gasteiger partial charge in [-0.1, -0.05) is 30.3 Å². The van der Waals surface area contributed by atoms with Crippen LogP contribution in [0, 0.1) is 0 Å². The summed E-state index contributed by atoms with van der Waals surface area (Å²) in [5, 5.41) is 0. The third kappa shape index (κ3) is 3.75. The minimum atomic E-state index is -0.982. The van der Waals surface area contributed by atoms with Crippen molar-refractivity contribution in [2.24, 2.45) is 0 Å². The average Bonchev–Trinajstić information content (AvgIpc) is 3.06. The van der Waals surface area contributed by atoms with E-state index < -0.39 is 36.5 Å². The zero-order valence-electron chi connectivity index (χ0n) is 13.5. The van der Waals surface area contributed by atoms with Gasteiger partial charge in [0.1, 0.15) is 18.3 Å². The molecular formula is C17H20O7. The lowest BCUT2D eigenvalue weighted by Gasteiger charge is -2.21. The SMILES string of the molecule is CC(=O)O[C@H]1O[C@H]2[C@H](OC[C@H]2OCc2ccccc2)[C@H]1OC(C)=O. The maximum atomic E-state index is 11.3. The van der Waals surface area contributed by atoms with Crippen molar-refractivity contribution < 1.29 is 33.3 Å². The highest BCUT2D eigenvalue weighted by atomic mass is 16.8. The van der Waals surface area contributed by atoms with Crippen molar-refractivity contribution in [3.05, 3.63) is 35.9 Å². The van der Waals surface area contributed by atoms with Gasteiger partial charge in [0.15, 0.2) is 6.10 Å². The molecule has 0 spiro atoms. The molecule has 1 aromatic carbocycles. The Kier molecular flexibility index (Phi) is 5.13. The summed E-state index contributed by atoms with van der Waals surface area (Å²) < 4.78 is 27.6. The van der Waals surface area contributed by atoms with Crippen molar-refractivity contribution in [2.45, 2.75) is 51.2 Å². The molecule has 0 amide bonds. The molecule has 130 valence electrons. The quantitative estimate of drug-likeness (QED) is 0.747. The number of benzene rings is 1. The van der Waals surface area contributed by atoms with Crippen molar-refractivity contribution in [2.75, 3.05) is 6.61 Å². The lowest BCUT2D eigenvalue weighted by molar-refractivity contribution is -0.204. The van der Waals surface area contributed by atoms with E-state index in [0.717, 1.165) is 5.56 Å². The second kappa shape index (κ2) is 7.29. The van der Waals surface area contributed by atoms with Crippen molar-refractivity contribution in [3.63, 3.8) is 0 Å². The number of esters is 2. The highest BCUT2D eigenvalue weighted by Gasteiger charge is 2.56. The van der Waals surface area contributed by atoms with Crippen LogP contribution in [-0.4, -0.2) is 49.3 Å². The molecule has 1 aromatic rings. The highest BCUT2D eigenvalue weighted by molar-refractivity contribution is 5.67. The first-order valence-electron chi connectivity index (χ1n) is 7.81. The minimum Gasteiger partial charge on any atom is -0.453 e. The van der Waals surface area contributed by atoms with Gasteiger partial charge in [0.05, 0.1) is 13.2 Å². The summed E-state index contributed by atoms with van der Waals surface area (Å²) in [5.74, 6) is -1.00. The molecule has 24 heavy (non-hydrogen) atoms. The molecule has 0 N–H and O–H groups in total. The number of rotatable bonds is 5. The van der Waals surface area contributed by atoms with Crippen LogP contribution in [0.4, 0.5) is 0 Å². The molecule has 2 heterocycles. The summed E-state index contributed by atoms with van der Waals surface area (Å²) >= 11 is 0. The largest absolute Gasteiger partial charge is 0.453 e. The van der Waals surface area contributed by atoms with Gasteiger partial charge < -0.3 is 23.7 Å². The van der Waals surface area contributed by atoms with Gasteiger partial charge >= 0.3 is 11.9 Å². The Hall–Kier alpha value is -1.96. The summed E-state index contributed by atoms with van der Waals surface area (Å²) in [6.07, 6.45) is -3.07. The Morgan fingerprint density at radius 3 is 2.46 bits per heavy atom. The zero-order chi connectivity index (χ0) is 17.1. The fourth-order valence-electron chi connectivity index (χ4n) is 2.93. The first-order chi connectivity index (χ1) is 11.5. The standard InChI is InChI=1S/C17H20O7/c1-10(18)22-16-15-14(24-17(16)23-11(2)19)13(9-21-15)20-8-12-6-4-3-5-7-12/h3-7,13-17H,8-9H2,1-2H3/t13-,14-,15+,16-,17+/m1/s1. The lowest BCUT2D eigenvalue weighted by atomic mass is 10.1. The third-order valence-electron chi connectivity index (χ3n) is 3.92. The molecule has 0 aliphatic carbocycles. The predicted octanol–water partition coefficient (Wildman–Crippen LogP) is 1.19. The smallest absolute Gasteiger partial charge is 0.305 e. The molecule has 5 atom stereocenters. The molecule has 7 nitrogen and oxygen atoms in total. The van der Waals surface area contributed by atoms with Crippen LogP contribution in [0.15, 0.2) is 30.3 Å². The number of carbonyl (C=O) groups excluding carboxylic acids is 2. The summed E-state index contributed by atoms with van der Waals surface area (Å²) in [7, 11) is 0. The van der Waals surface area contributed by atoms with Crippen molar-refractivity contribution in [1.82, 2.24) is 0 Å². The maximum absolute atomic E-state index is 11.3. The molecule has 2 fully saturated rings. The topological polar surface area (TPSA) is 80.3 Å². The first-order valence-corrected chi connectivity index (χ1v) is 7.81. The van der Waals surface area contributed by atoms with E-state index in [1.54, 1.807) is 0 Å². The number of fused-ring (bicyclic) bond motifs is 1. The van der Waals surface area contributed by atoms with E-state index in [2.05, 4.69) is 0 Å². The van der Waals surface area contributed by atoms with Gasteiger partial charge in [0, 0.05) is 13.8 Å². The summed E-state index contributed by atoms with van der Waals surface area (Å²) in [6, 6.07) is 9.74. The summed E-state index contributed by atoms with van der Waals surface area (Å²) in [6.45, 7) is 3.30. The minimum absolute atomic E-state index is 0.325. The fourth-order valence-corrected chi connectivity index (χ4v) is 2.93. The molecule has 0 aromatic heterocycles. The van der Waals surface area contributed by atoms with Gasteiger partial charge in [-0.3, -0.25) is 9.59 Å². The Morgan fingerprint density at radius 1 is 1.08 bits per heavy atom. The van der Waals surface area contributed by atoms with E-state index in [1.165, 1.54) is 13.8 Å². The molecule has 0 bridgehead atoms. The van der Waals surface area contributed by atoms with E-state index in [0.29, 0.717) is 13.2 Å². The van der Waals surface area contributed by atoms with Crippen LogP contribution in [0.25, 0.3) is 0 Å². The molecule has 0 radical (unpaired) electrons. The lowest BCUT2D eigenvalue weighted by Crippen LogP contribution is -2.38. The molecule has 2 aliphatic heterocycles. The third-order valence-corrected chi connectivity index (χ3v) is 3.92. The van der Waals surface area contributed by atoms with Gasteiger partial charge in [-0.15, -0.1) is 0 Å². The summed E-state index contributed by atoms with van der Waals surface area (Å²) in [4.78, 5) is 22.5. The van der Waals surface area contributed by atoms with E-state index in [1.807, 2.05) is 30.3 Å². The van der Waals surface area contributed by atoms with Crippen LogP contribution < -0.4 is 0 Å². The number of hydrogen-bond donors (Lipinski definition) is 0. The molecule has 3 rings (SSSR count). The molecule has 0 unspecified atom stereocenters. The van der Waals surface area contributed by atoms with Crippen LogP contribution in [0.3, 0.4) is 0 Å².